The second-order valence-corrected chi connectivity index (χ2v) is 2.87. The van der Waals surface area contributed by atoms with Crippen molar-refractivity contribution in [3.05, 3.63) is 0 Å². The molecule has 1 N–H and O–H groups in total. The summed E-state index contributed by atoms with van der Waals surface area (Å²) in [5.74, 6) is 0. The fraction of sp³-hybridized carbons (Fsp3) is 1.00. The molecule has 0 aliphatic carbocycles. The number of rotatable bonds is 2. The average Bonchev–Trinajstić information content (AvgIpc) is 2.08. The number of nitrogens with one attached hydrogen (secondary N) is 1. The van der Waals surface area contributed by atoms with Gasteiger partial charge in [0.2, 0.25) is 0 Å². The molecule has 0 aromatic rings. The first-order valence-corrected chi connectivity index (χ1v) is 4.78. The topological polar surface area (TPSA) is 24.5 Å². The lowest BCUT2D eigenvalue weighted by Crippen LogP contribution is -2.32. The number of morpholine rings is 1. The minimum atomic E-state index is 0.913. The van der Waals surface area contributed by atoms with Crippen LogP contribution in [0.5, 0.6) is 0 Å². The van der Waals surface area contributed by atoms with Crippen molar-refractivity contribution in [2.75, 3.05) is 46.4 Å². The van der Waals surface area contributed by atoms with E-state index in [0.29, 0.717) is 0 Å². The molecule has 1 fully saturated rings. The summed E-state index contributed by atoms with van der Waals surface area (Å²) >= 11 is 0. The number of likely N-dealkylation sites (N-methyl/N-ethyl adjacent to an activating group) is 1. The maximum absolute atomic E-state index is 5.10. The molecule has 0 aromatic heterocycles. The van der Waals surface area contributed by atoms with Gasteiger partial charge in [0.15, 0.2) is 0 Å². The van der Waals surface area contributed by atoms with Gasteiger partial charge in [-0.15, -0.1) is 0 Å². The van der Waals surface area contributed by atoms with E-state index in [2.05, 4.69) is 31.1 Å². The molecule has 0 spiro atoms. The third kappa shape index (κ3) is 7.98. The van der Waals surface area contributed by atoms with Crippen molar-refractivity contribution in [1.29, 1.82) is 0 Å². The molecular formula is C9H22N2O. The Bertz CT molecular complexity index is 80.6. The first-order valence-electron chi connectivity index (χ1n) is 4.78. The van der Waals surface area contributed by atoms with E-state index in [4.69, 9.17) is 4.74 Å². The van der Waals surface area contributed by atoms with Gasteiger partial charge in [0.05, 0.1) is 13.2 Å². The first kappa shape index (κ1) is 11.9. The van der Waals surface area contributed by atoms with Gasteiger partial charge in [-0.3, -0.25) is 0 Å². The molecule has 1 aliphatic rings. The highest BCUT2D eigenvalue weighted by molar-refractivity contribution is 4.53. The Labute approximate surface area is 76.1 Å². The van der Waals surface area contributed by atoms with Crippen LogP contribution in [0.4, 0.5) is 0 Å². The Morgan fingerprint density at radius 1 is 1.17 bits per heavy atom. The van der Waals surface area contributed by atoms with Gasteiger partial charge in [-0.2, -0.15) is 0 Å². The zero-order chi connectivity index (χ0) is 9.23. The lowest BCUT2D eigenvalue weighted by molar-refractivity contribution is 0.0503. The number of nitrogens with zero attached hydrogens (tertiary/aromatic N) is 1. The van der Waals surface area contributed by atoms with Gasteiger partial charge in [0.25, 0.3) is 0 Å². The fourth-order valence-electron chi connectivity index (χ4n) is 0.905. The van der Waals surface area contributed by atoms with E-state index < -0.39 is 0 Å². The maximum Gasteiger partial charge on any atom is 0.0594 e. The van der Waals surface area contributed by atoms with Crippen LogP contribution in [-0.4, -0.2) is 51.3 Å². The summed E-state index contributed by atoms with van der Waals surface area (Å²) in [6.07, 6.45) is 0. The Morgan fingerprint density at radius 3 is 1.83 bits per heavy atom. The fourth-order valence-corrected chi connectivity index (χ4v) is 0.905. The standard InChI is InChI=1S/C5H11NO.C4H11N/c1-6-2-4-7-5-3-6;1-3-5-4-2/h2-5H2,1H3;5H,3-4H2,1-2H3. The molecule has 1 saturated heterocycles. The Kier molecular flexibility index (Phi) is 8.88. The van der Waals surface area contributed by atoms with Crippen molar-refractivity contribution in [1.82, 2.24) is 10.2 Å². The largest absolute Gasteiger partial charge is 0.379 e. The molecule has 0 atom stereocenters. The van der Waals surface area contributed by atoms with Crippen LogP contribution < -0.4 is 5.32 Å². The van der Waals surface area contributed by atoms with E-state index in [-0.39, 0.29) is 0 Å². The SMILES string of the molecule is CCNCC.CN1CCOCC1. The van der Waals surface area contributed by atoms with Crippen molar-refractivity contribution >= 4 is 0 Å². The van der Waals surface area contributed by atoms with E-state index >= 15 is 0 Å². The molecule has 0 unspecified atom stereocenters. The minimum absolute atomic E-state index is 0.913. The van der Waals surface area contributed by atoms with Crippen LogP contribution >= 0.6 is 0 Å². The number of ether oxygens (including phenoxy) is 1. The van der Waals surface area contributed by atoms with Gasteiger partial charge in [0, 0.05) is 13.1 Å². The highest BCUT2D eigenvalue weighted by atomic mass is 16.5. The lowest BCUT2D eigenvalue weighted by atomic mass is 10.5. The third-order valence-electron chi connectivity index (χ3n) is 1.73. The van der Waals surface area contributed by atoms with Crippen molar-refractivity contribution in [2.24, 2.45) is 0 Å². The molecule has 3 heteroatoms. The molecule has 12 heavy (non-hydrogen) atoms. The minimum Gasteiger partial charge on any atom is -0.379 e. The van der Waals surface area contributed by atoms with Gasteiger partial charge >= 0.3 is 0 Å². The Morgan fingerprint density at radius 2 is 1.67 bits per heavy atom. The van der Waals surface area contributed by atoms with Crippen LogP contribution in [0, 0.1) is 0 Å². The molecule has 1 heterocycles. The summed E-state index contributed by atoms with van der Waals surface area (Å²) in [5, 5.41) is 3.11. The Balaban J connectivity index is 0.000000217. The van der Waals surface area contributed by atoms with Gasteiger partial charge < -0.3 is 15.0 Å². The van der Waals surface area contributed by atoms with Gasteiger partial charge in [-0.25, -0.2) is 0 Å². The first-order chi connectivity index (χ1) is 5.81. The van der Waals surface area contributed by atoms with E-state index in [1.165, 1.54) is 0 Å². The Hall–Kier alpha value is -0.120. The summed E-state index contributed by atoms with van der Waals surface area (Å²) in [7, 11) is 2.11. The zero-order valence-corrected chi connectivity index (χ0v) is 8.60. The normalized spacial score (nSPS) is 18.2. The summed E-state index contributed by atoms with van der Waals surface area (Å²) in [6, 6.07) is 0. The summed E-state index contributed by atoms with van der Waals surface area (Å²) in [5.41, 5.74) is 0. The van der Waals surface area contributed by atoms with Crippen LogP contribution in [0.2, 0.25) is 0 Å². The van der Waals surface area contributed by atoms with Crippen molar-refractivity contribution < 1.29 is 4.74 Å². The van der Waals surface area contributed by atoms with Gasteiger partial charge in [-0.05, 0) is 20.1 Å². The van der Waals surface area contributed by atoms with Crippen molar-refractivity contribution in [3.63, 3.8) is 0 Å². The van der Waals surface area contributed by atoms with E-state index in [1.807, 2.05) is 0 Å². The van der Waals surface area contributed by atoms with Gasteiger partial charge in [0.1, 0.15) is 0 Å². The zero-order valence-electron chi connectivity index (χ0n) is 8.60. The van der Waals surface area contributed by atoms with Crippen molar-refractivity contribution in [2.45, 2.75) is 13.8 Å². The quantitative estimate of drug-likeness (QED) is 0.662. The predicted molar refractivity (Wildman–Crippen MR) is 52.5 cm³/mol. The summed E-state index contributed by atoms with van der Waals surface area (Å²) in [6.45, 7) is 10.4. The molecular weight excluding hydrogens is 152 g/mol. The highest BCUT2D eigenvalue weighted by Crippen LogP contribution is 1.89. The predicted octanol–water partition coefficient (Wildman–Crippen LogP) is 0.564. The van der Waals surface area contributed by atoms with Gasteiger partial charge in [-0.1, -0.05) is 13.8 Å². The molecule has 0 amide bonds. The van der Waals surface area contributed by atoms with E-state index in [1.54, 1.807) is 0 Å². The molecule has 0 saturated carbocycles. The molecule has 0 radical (unpaired) electrons. The summed E-state index contributed by atoms with van der Waals surface area (Å²) in [4.78, 5) is 2.27. The molecule has 1 rings (SSSR count). The number of hydrogen-bond donors (Lipinski definition) is 1. The van der Waals surface area contributed by atoms with Crippen LogP contribution in [-0.2, 0) is 4.74 Å². The monoisotopic (exact) mass is 174 g/mol. The number of hydrogen-bond acceptors (Lipinski definition) is 3. The highest BCUT2D eigenvalue weighted by Gasteiger charge is 2.02. The third-order valence-corrected chi connectivity index (χ3v) is 1.73. The summed E-state index contributed by atoms with van der Waals surface area (Å²) < 4.78 is 5.10. The van der Waals surface area contributed by atoms with E-state index in [9.17, 15) is 0 Å². The smallest absolute Gasteiger partial charge is 0.0594 e. The molecule has 1 aliphatic heterocycles. The maximum atomic E-state index is 5.10. The molecule has 0 aromatic carbocycles. The molecule has 74 valence electrons. The molecule has 3 nitrogen and oxygen atoms in total. The van der Waals surface area contributed by atoms with Crippen LogP contribution in [0.3, 0.4) is 0 Å². The van der Waals surface area contributed by atoms with Crippen LogP contribution in [0.1, 0.15) is 13.8 Å². The van der Waals surface area contributed by atoms with Crippen LogP contribution in [0.15, 0.2) is 0 Å². The second-order valence-electron chi connectivity index (χ2n) is 2.87. The van der Waals surface area contributed by atoms with E-state index in [0.717, 1.165) is 39.4 Å². The van der Waals surface area contributed by atoms with Crippen molar-refractivity contribution in [3.8, 4) is 0 Å². The van der Waals surface area contributed by atoms with Crippen LogP contribution in [0.25, 0.3) is 0 Å². The lowest BCUT2D eigenvalue weighted by Gasteiger charge is -2.21. The molecule has 0 bridgehead atoms. The average molecular weight is 174 g/mol. The second kappa shape index (κ2) is 8.97.